The standard InChI is InChI=1S/4ClH.K.Zr.H/h4*1H;;;/q;;;;;+4;/p-4. The molecule has 0 saturated heterocycles. The number of hydrogen-bond acceptors (Lipinski definition) is 0. The molecule has 0 unspecified atom stereocenters. The van der Waals surface area contributed by atoms with Crippen molar-refractivity contribution < 1.29 is 15.5 Å². The Labute approximate surface area is 97.9 Å². The van der Waals surface area contributed by atoms with Gasteiger partial charge in [0.05, 0.1) is 0 Å². The first-order valence-electron chi connectivity index (χ1n) is 0.756. The van der Waals surface area contributed by atoms with Crippen molar-refractivity contribution in [3.8, 4) is 0 Å². The van der Waals surface area contributed by atoms with E-state index < -0.39 is 15.5 Å². The average molecular weight is 273 g/mol. The van der Waals surface area contributed by atoms with Crippen LogP contribution in [0.25, 0.3) is 0 Å². The molecule has 0 bridgehead atoms. The Morgan fingerprint density at radius 3 is 0.833 bits per heavy atom. The SMILES string of the molecule is [Cl][Zr]([Cl])([Cl])[Cl].[KH]. The minimum absolute atomic E-state index is 0. The van der Waals surface area contributed by atoms with Gasteiger partial charge in [-0.2, -0.15) is 0 Å². The van der Waals surface area contributed by atoms with Gasteiger partial charge >= 0.3 is 101 Å². The van der Waals surface area contributed by atoms with Crippen LogP contribution in [0, 0.1) is 0 Å². The molecule has 0 heterocycles. The Kier molecular flexibility index (Phi) is 11.3. The van der Waals surface area contributed by atoms with Crippen LogP contribution in [0.1, 0.15) is 0 Å². The second-order valence-electron chi connectivity index (χ2n) is 0.429. The summed E-state index contributed by atoms with van der Waals surface area (Å²) in [6, 6.07) is 0. The normalized spacial score (nSPS) is 10.0. The van der Waals surface area contributed by atoms with Crippen LogP contribution in [0.3, 0.4) is 0 Å². The topological polar surface area (TPSA) is 0 Å². The maximum absolute atomic E-state index is 5.04. The summed E-state index contributed by atoms with van der Waals surface area (Å²) in [6.07, 6.45) is 0. The predicted molar refractivity (Wildman–Crippen MR) is 30.6 cm³/mol. The Hall–Kier alpha value is 3.68. The van der Waals surface area contributed by atoms with Gasteiger partial charge in [-0.05, 0) is 0 Å². The summed E-state index contributed by atoms with van der Waals surface area (Å²) in [4.78, 5) is 0. The molecule has 0 nitrogen and oxygen atoms in total. The molecule has 0 spiro atoms. The van der Waals surface area contributed by atoms with Crippen molar-refractivity contribution >= 4 is 85.4 Å². The van der Waals surface area contributed by atoms with Crippen molar-refractivity contribution in [2.45, 2.75) is 0 Å². The van der Waals surface area contributed by atoms with Crippen LogP contribution in [-0.4, -0.2) is 51.4 Å². The molecule has 0 atom stereocenters. The van der Waals surface area contributed by atoms with Crippen LogP contribution in [0.4, 0.5) is 0 Å². The third-order valence-electron chi connectivity index (χ3n) is 0. The van der Waals surface area contributed by atoms with E-state index in [-0.39, 0.29) is 51.4 Å². The first-order chi connectivity index (χ1) is 2.00. The molecule has 0 aromatic heterocycles. The summed E-state index contributed by atoms with van der Waals surface area (Å²) in [7, 11) is 20.1. The van der Waals surface area contributed by atoms with E-state index >= 15 is 0 Å². The van der Waals surface area contributed by atoms with Gasteiger partial charge in [0.2, 0.25) is 0 Å². The fourth-order valence-corrected chi connectivity index (χ4v) is 0. The second kappa shape index (κ2) is 5.46. The van der Waals surface area contributed by atoms with Crippen molar-refractivity contribution in [2.75, 3.05) is 0 Å². The van der Waals surface area contributed by atoms with Gasteiger partial charge in [-0.25, -0.2) is 0 Å². The number of rotatable bonds is 0. The molecule has 0 rings (SSSR count). The van der Waals surface area contributed by atoms with Gasteiger partial charge in [0.15, 0.2) is 0 Å². The van der Waals surface area contributed by atoms with Crippen LogP contribution in [0.5, 0.6) is 0 Å². The van der Waals surface area contributed by atoms with Crippen LogP contribution in [-0.2, 0) is 15.5 Å². The summed E-state index contributed by atoms with van der Waals surface area (Å²) in [5.74, 6) is 0. The zero-order valence-corrected chi connectivity index (χ0v) is 7.49. The molecule has 0 aromatic carbocycles. The van der Waals surface area contributed by atoms with Crippen LogP contribution in [0.2, 0.25) is 0 Å². The van der Waals surface area contributed by atoms with Gasteiger partial charge in [-0.3, -0.25) is 0 Å². The van der Waals surface area contributed by atoms with Crippen molar-refractivity contribution in [3.63, 3.8) is 0 Å². The summed E-state index contributed by atoms with van der Waals surface area (Å²) in [5, 5.41) is 0. The molecular weight excluding hydrogens is 272 g/mol. The number of halogens is 4. The van der Waals surface area contributed by atoms with E-state index in [0.717, 1.165) is 0 Å². The minimum atomic E-state index is -3.29. The van der Waals surface area contributed by atoms with Crippen molar-refractivity contribution in [3.05, 3.63) is 0 Å². The van der Waals surface area contributed by atoms with E-state index in [4.69, 9.17) is 34.1 Å². The van der Waals surface area contributed by atoms with Crippen molar-refractivity contribution in [2.24, 2.45) is 0 Å². The number of hydrogen-bond donors (Lipinski definition) is 0. The molecule has 0 fully saturated rings. The average Bonchev–Trinajstić information content (AvgIpc) is 0.722. The molecule has 0 aliphatic carbocycles. The first kappa shape index (κ1) is 12.4. The van der Waals surface area contributed by atoms with E-state index in [1.165, 1.54) is 0 Å². The van der Waals surface area contributed by atoms with Crippen LogP contribution in [0.15, 0.2) is 0 Å². The third kappa shape index (κ3) is 25.3. The van der Waals surface area contributed by atoms with Gasteiger partial charge in [0.1, 0.15) is 0 Å². The van der Waals surface area contributed by atoms with Crippen LogP contribution >= 0.6 is 34.1 Å². The summed E-state index contributed by atoms with van der Waals surface area (Å²) in [5.41, 5.74) is 0. The summed E-state index contributed by atoms with van der Waals surface area (Å²) >= 11 is -3.29. The quantitative estimate of drug-likeness (QED) is 0.593. The van der Waals surface area contributed by atoms with Gasteiger partial charge in [-0.1, -0.05) is 0 Å². The van der Waals surface area contributed by atoms with Gasteiger partial charge in [0.25, 0.3) is 0 Å². The van der Waals surface area contributed by atoms with Crippen LogP contribution < -0.4 is 0 Å². The third-order valence-corrected chi connectivity index (χ3v) is 0. The Morgan fingerprint density at radius 2 is 0.833 bits per heavy atom. The molecule has 0 radical (unpaired) electrons. The monoisotopic (exact) mass is 270 g/mol. The van der Waals surface area contributed by atoms with Gasteiger partial charge in [-0.15, -0.1) is 0 Å². The molecule has 0 N–H and O–H groups in total. The zero-order chi connectivity index (χ0) is 4.50. The molecule has 0 aliphatic rings. The van der Waals surface area contributed by atoms with E-state index in [1.54, 1.807) is 0 Å². The maximum atomic E-state index is 5.04. The molecule has 0 amide bonds. The van der Waals surface area contributed by atoms with E-state index in [9.17, 15) is 0 Å². The fraction of sp³-hybridized carbons (Fsp3) is 0. The molecule has 34 valence electrons. The Bertz CT molecular complexity index is 23.0. The Morgan fingerprint density at radius 1 is 0.833 bits per heavy atom. The molecule has 6 heavy (non-hydrogen) atoms. The first-order valence-corrected chi connectivity index (χ1v) is 13.4. The molecule has 6 heteroatoms. The van der Waals surface area contributed by atoms with Crippen molar-refractivity contribution in [1.82, 2.24) is 0 Å². The Balaban J connectivity index is 0. The van der Waals surface area contributed by atoms with E-state index in [0.29, 0.717) is 0 Å². The zero-order valence-electron chi connectivity index (χ0n) is 2.01. The van der Waals surface area contributed by atoms with E-state index in [2.05, 4.69) is 0 Å². The summed E-state index contributed by atoms with van der Waals surface area (Å²) in [6.45, 7) is 0. The predicted octanol–water partition coefficient (Wildman–Crippen LogP) is 2.11. The molecule has 0 saturated carbocycles. The van der Waals surface area contributed by atoms with Crippen molar-refractivity contribution in [1.29, 1.82) is 0 Å². The van der Waals surface area contributed by atoms with Gasteiger partial charge in [0, 0.05) is 0 Å². The fourth-order valence-electron chi connectivity index (χ4n) is 0. The molecule has 0 aromatic rings. The summed E-state index contributed by atoms with van der Waals surface area (Å²) < 4.78 is 0. The second-order valence-corrected chi connectivity index (χ2v) is 22.8. The molecular formula is HCl4KZr. The van der Waals surface area contributed by atoms with E-state index in [1.807, 2.05) is 0 Å². The molecule has 0 aliphatic heterocycles. The van der Waals surface area contributed by atoms with Gasteiger partial charge < -0.3 is 0 Å².